The first-order valence-corrected chi connectivity index (χ1v) is 7.36. The Morgan fingerprint density at radius 2 is 2.11 bits per heavy atom. The molecule has 1 aliphatic heterocycles. The minimum atomic E-state index is 0.0555. The number of benzene rings is 1. The zero-order chi connectivity index (χ0) is 13.0. The summed E-state index contributed by atoms with van der Waals surface area (Å²) in [6.45, 7) is 6.18. The Labute approximate surface area is 117 Å². The monoisotopic (exact) mass is 312 g/mol. The van der Waals surface area contributed by atoms with Crippen LogP contribution < -0.4 is 10.5 Å². The molecule has 0 radical (unpaired) electrons. The van der Waals surface area contributed by atoms with Crippen molar-refractivity contribution in [1.29, 1.82) is 0 Å². The van der Waals surface area contributed by atoms with E-state index < -0.39 is 0 Å². The summed E-state index contributed by atoms with van der Waals surface area (Å²) in [6, 6.07) is 6.11. The second kappa shape index (κ2) is 6.55. The molecule has 1 aromatic rings. The lowest BCUT2D eigenvalue weighted by molar-refractivity contribution is 0.237. The first-order valence-electron chi connectivity index (χ1n) is 6.57. The van der Waals surface area contributed by atoms with E-state index in [0.717, 1.165) is 28.9 Å². The van der Waals surface area contributed by atoms with Gasteiger partial charge in [-0.1, -0.05) is 6.07 Å². The van der Waals surface area contributed by atoms with Crippen molar-refractivity contribution in [3.05, 3.63) is 28.2 Å². The molecular formula is C14H21BrN2O. The van der Waals surface area contributed by atoms with Crippen molar-refractivity contribution in [3.8, 4) is 5.75 Å². The van der Waals surface area contributed by atoms with E-state index >= 15 is 0 Å². The van der Waals surface area contributed by atoms with Gasteiger partial charge < -0.3 is 10.5 Å². The molecule has 0 spiro atoms. The summed E-state index contributed by atoms with van der Waals surface area (Å²) in [4.78, 5) is 2.45. The average Bonchev–Trinajstić information content (AvgIpc) is 2.84. The maximum atomic E-state index is 5.85. The SMILES string of the molecule is C[C@H](N)c1ccc(OCCN2CCCC2)c(Br)c1. The molecule has 4 heteroatoms. The topological polar surface area (TPSA) is 38.5 Å². The van der Waals surface area contributed by atoms with Gasteiger partial charge >= 0.3 is 0 Å². The van der Waals surface area contributed by atoms with E-state index in [1.54, 1.807) is 0 Å². The minimum Gasteiger partial charge on any atom is -0.491 e. The molecule has 18 heavy (non-hydrogen) atoms. The average molecular weight is 313 g/mol. The van der Waals surface area contributed by atoms with Gasteiger partial charge in [-0.25, -0.2) is 0 Å². The predicted octanol–water partition coefficient (Wildman–Crippen LogP) is 2.94. The molecule has 1 aromatic carbocycles. The normalized spacial score (nSPS) is 17.9. The van der Waals surface area contributed by atoms with Gasteiger partial charge in [0.2, 0.25) is 0 Å². The van der Waals surface area contributed by atoms with Gasteiger partial charge in [-0.3, -0.25) is 4.90 Å². The van der Waals surface area contributed by atoms with Crippen molar-refractivity contribution in [2.24, 2.45) is 5.73 Å². The number of nitrogens with zero attached hydrogens (tertiary/aromatic N) is 1. The molecule has 3 nitrogen and oxygen atoms in total. The fourth-order valence-corrected chi connectivity index (χ4v) is 2.72. The number of halogens is 1. The van der Waals surface area contributed by atoms with Gasteiger partial charge in [0.15, 0.2) is 0 Å². The van der Waals surface area contributed by atoms with Crippen LogP contribution in [0.15, 0.2) is 22.7 Å². The molecule has 0 amide bonds. The zero-order valence-electron chi connectivity index (χ0n) is 10.9. The molecule has 1 atom stereocenters. The highest BCUT2D eigenvalue weighted by molar-refractivity contribution is 9.10. The van der Waals surface area contributed by atoms with Crippen molar-refractivity contribution in [1.82, 2.24) is 4.90 Å². The summed E-state index contributed by atoms with van der Waals surface area (Å²) in [5.74, 6) is 0.901. The Morgan fingerprint density at radius 1 is 1.39 bits per heavy atom. The first kappa shape index (κ1) is 13.8. The number of nitrogens with two attached hydrogens (primary N) is 1. The van der Waals surface area contributed by atoms with E-state index in [0.29, 0.717) is 0 Å². The van der Waals surface area contributed by atoms with E-state index in [-0.39, 0.29) is 6.04 Å². The number of hydrogen-bond donors (Lipinski definition) is 1. The Kier molecular flexibility index (Phi) is 5.03. The number of likely N-dealkylation sites (tertiary alicyclic amines) is 1. The van der Waals surface area contributed by atoms with Crippen LogP contribution in [0, 0.1) is 0 Å². The Morgan fingerprint density at radius 3 is 2.72 bits per heavy atom. The number of rotatable bonds is 5. The molecule has 100 valence electrons. The third kappa shape index (κ3) is 3.70. The van der Waals surface area contributed by atoms with Crippen molar-refractivity contribution in [2.75, 3.05) is 26.2 Å². The molecule has 0 unspecified atom stereocenters. The summed E-state index contributed by atoms with van der Waals surface area (Å²) < 4.78 is 6.79. The van der Waals surface area contributed by atoms with Crippen LogP contribution in [0.25, 0.3) is 0 Å². The van der Waals surface area contributed by atoms with Crippen LogP contribution in [0.4, 0.5) is 0 Å². The van der Waals surface area contributed by atoms with Gasteiger partial charge in [-0.2, -0.15) is 0 Å². The van der Waals surface area contributed by atoms with Crippen LogP contribution >= 0.6 is 15.9 Å². The molecule has 1 aliphatic rings. The number of ether oxygens (including phenoxy) is 1. The first-order chi connectivity index (χ1) is 8.66. The largest absolute Gasteiger partial charge is 0.491 e. The lowest BCUT2D eigenvalue weighted by Crippen LogP contribution is -2.25. The Balaban J connectivity index is 1.85. The second-order valence-corrected chi connectivity index (χ2v) is 5.73. The van der Waals surface area contributed by atoms with E-state index in [2.05, 4.69) is 20.8 Å². The van der Waals surface area contributed by atoms with E-state index in [1.807, 2.05) is 25.1 Å². The third-order valence-electron chi connectivity index (χ3n) is 3.35. The summed E-state index contributed by atoms with van der Waals surface area (Å²) in [6.07, 6.45) is 2.65. The van der Waals surface area contributed by atoms with E-state index in [4.69, 9.17) is 10.5 Å². The van der Waals surface area contributed by atoms with Crippen molar-refractivity contribution in [2.45, 2.75) is 25.8 Å². The van der Waals surface area contributed by atoms with Crippen LogP contribution in [-0.4, -0.2) is 31.1 Å². The highest BCUT2D eigenvalue weighted by atomic mass is 79.9. The lowest BCUT2D eigenvalue weighted by Gasteiger charge is -2.16. The fourth-order valence-electron chi connectivity index (χ4n) is 2.21. The smallest absolute Gasteiger partial charge is 0.133 e. The van der Waals surface area contributed by atoms with Crippen molar-refractivity contribution >= 4 is 15.9 Å². The molecule has 1 saturated heterocycles. The third-order valence-corrected chi connectivity index (χ3v) is 3.97. The fraction of sp³-hybridized carbons (Fsp3) is 0.571. The van der Waals surface area contributed by atoms with Gasteiger partial charge in [-0.05, 0) is 66.5 Å². The molecule has 1 fully saturated rings. The maximum absolute atomic E-state index is 5.85. The molecule has 0 bridgehead atoms. The summed E-state index contributed by atoms with van der Waals surface area (Å²) >= 11 is 3.53. The lowest BCUT2D eigenvalue weighted by atomic mass is 10.1. The zero-order valence-corrected chi connectivity index (χ0v) is 12.4. The van der Waals surface area contributed by atoms with Gasteiger partial charge in [-0.15, -0.1) is 0 Å². The molecule has 0 aromatic heterocycles. The van der Waals surface area contributed by atoms with Gasteiger partial charge in [0.1, 0.15) is 12.4 Å². The standard InChI is InChI=1S/C14H21BrN2O/c1-11(16)12-4-5-14(13(15)10-12)18-9-8-17-6-2-3-7-17/h4-5,10-11H,2-3,6-9,16H2,1H3/t11-/m0/s1. The molecule has 1 heterocycles. The molecule has 2 N–H and O–H groups in total. The summed E-state index contributed by atoms with van der Waals surface area (Å²) in [5.41, 5.74) is 6.97. The maximum Gasteiger partial charge on any atom is 0.133 e. The second-order valence-electron chi connectivity index (χ2n) is 4.88. The van der Waals surface area contributed by atoms with Crippen LogP contribution in [0.3, 0.4) is 0 Å². The molecule has 2 rings (SSSR count). The van der Waals surface area contributed by atoms with Gasteiger partial charge in [0.25, 0.3) is 0 Å². The van der Waals surface area contributed by atoms with E-state index in [9.17, 15) is 0 Å². The van der Waals surface area contributed by atoms with Crippen molar-refractivity contribution in [3.63, 3.8) is 0 Å². The highest BCUT2D eigenvalue weighted by Gasteiger charge is 2.11. The quantitative estimate of drug-likeness (QED) is 0.908. The molecule has 0 aliphatic carbocycles. The summed E-state index contributed by atoms with van der Waals surface area (Å²) in [5, 5.41) is 0. The Bertz CT molecular complexity index is 389. The van der Waals surface area contributed by atoms with Crippen LogP contribution in [-0.2, 0) is 0 Å². The van der Waals surface area contributed by atoms with Gasteiger partial charge in [0.05, 0.1) is 4.47 Å². The Hall–Kier alpha value is -0.580. The van der Waals surface area contributed by atoms with Crippen LogP contribution in [0.2, 0.25) is 0 Å². The predicted molar refractivity (Wildman–Crippen MR) is 77.9 cm³/mol. The summed E-state index contributed by atoms with van der Waals surface area (Å²) in [7, 11) is 0. The minimum absolute atomic E-state index is 0.0555. The van der Waals surface area contributed by atoms with Gasteiger partial charge in [0, 0.05) is 12.6 Å². The van der Waals surface area contributed by atoms with Crippen LogP contribution in [0.5, 0.6) is 5.75 Å². The number of hydrogen-bond acceptors (Lipinski definition) is 3. The molecular weight excluding hydrogens is 292 g/mol. The van der Waals surface area contributed by atoms with Crippen molar-refractivity contribution < 1.29 is 4.74 Å². The van der Waals surface area contributed by atoms with Crippen LogP contribution in [0.1, 0.15) is 31.4 Å². The highest BCUT2D eigenvalue weighted by Crippen LogP contribution is 2.27. The molecule has 0 saturated carbocycles. The van der Waals surface area contributed by atoms with E-state index in [1.165, 1.54) is 25.9 Å².